The lowest BCUT2D eigenvalue weighted by molar-refractivity contribution is -0.125. The highest BCUT2D eigenvalue weighted by molar-refractivity contribution is 7.17. The highest BCUT2D eigenvalue weighted by atomic mass is 35.5. The lowest BCUT2D eigenvalue weighted by atomic mass is 9.97. The van der Waals surface area contributed by atoms with Gasteiger partial charge in [-0.25, -0.2) is 9.97 Å². The summed E-state index contributed by atoms with van der Waals surface area (Å²) in [4.78, 5) is 21.4. The number of halogens is 3. The minimum Gasteiger partial charge on any atom is -0.456 e. The van der Waals surface area contributed by atoms with Crippen LogP contribution in [0.1, 0.15) is 12.8 Å². The molecule has 6 rings (SSSR count). The monoisotopic (exact) mass is 618 g/mol. The van der Waals surface area contributed by atoms with E-state index in [1.807, 2.05) is 48.7 Å². The number of rotatable bonds is 8. The van der Waals surface area contributed by atoms with Crippen molar-refractivity contribution in [1.82, 2.24) is 25.2 Å². The molecule has 12 heteroatoms. The van der Waals surface area contributed by atoms with Crippen molar-refractivity contribution in [3.05, 3.63) is 71.5 Å². The number of aromatic nitrogens is 3. The van der Waals surface area contributed by atoms with E-state index in [1.165, 1.54) is 16.4 Å². The van der Waals surface area contributed by atoms with Crippen molar-refractivity contribution in [2.45, 2.75) is 19.4 Å². The summed E-state index contributed by atoms with van der Waals surface area (Å²) in [6, 6.07) is 15.6. The number of hydrogen-bond acceptors (Lipinski definition) is 7. The molecule has 0 bridgehead atoms. The Kier molecular flexibility index (Phi) is 10.1. The third-order valence-electron chi connectivity index (χ3n) is 6.76. The molecule has 0 saturated carbocycles. The van der Waals surface area contributed by atoms with Crippen LogP contribution in [0.15, 0.2) is 66.4 Å². The van der Waals surface area contributed by atoms with Gasteiger partial charge in [-0.15, -0.1) is 36.2 Å². The molecule has 1 amide bonds. The van der Waals surface area contributed by atoms with Crippen LogP contribution >= 0.6 is 47.8 Å². The number of carbonyl (C=O) groups is 1. The number of thiophene rings is 1. The fourth-order valence-electron chi connectivity index (χ4n) is 4.76. The molecule has 0 aliphatic carbocycles. The normalized spacial score (nSPS) is 13.4. The second kappa shape index (κ2) is 13.5. The van der Waals surface area contributed by atoms with E-state index in [0.717, 1.165) is 48.4 Å². The highest BCUT2D eigenvalue weighted by Crippen LogP contribution is 2.35. The van der Waals surface area contributed by atoms with Crippen molar-refractivity contribution in [2.75, 3.05) is 25.0 Å². The van der Waals surface area contributed by atoms with Crippen LogP contribution in [0.4, 0.5) is 11.5 Å². The van der Waals surface area contributed by atoms with Gasteiger partial charge in [-0.05, 0) is 85.2 Å². The van der Waals surface area contributed by atoms with E-state index in [2.05, 4.69) is 41.9 Å². The number of carbonyl (C=O) groups excluding carboxylic acids is 1. The van der Waals surface area contributed by atoms with E-state index in [9.17, 15) is 4.79 Å². The molecule has 3 aromatic heterocycles. The van der Waals surface area contributed by atoms with Crippen LogP contribution in [-0.2, 0) is 11.3 Å². The van der Waals surface area contributed by atoms with E-state index >= 15 is 0 Å². The number of fused-ring (bicyclic) bond motifs is 2. The smallest absolute Gasteiger partial charge is 0.223 e. The van der Waals surface area contributed by atoms with Gasteiger partial charge in [-0.3, -0.25) is 4.79 Å². The number of ether oxygens (including phenoxy) is 1. The Balaban J connectivity index is 0.00000185. The van der Waals surface area contributed by atoms with Crippen LogP contribution in [0, 0.1) is 5.92 Å². The van der Waals surface area contributed by atoms with Gasteiger partial charge in [-0.1, -0.05) is 11.6 Å². The van der Waals surface area contributed by atoms with Crippen molar-refractivity contribution >= 4 is 86.3 Å². The Labute approximate surface area is 253 Å². The van der Waals surface area contributed by atoms with Crippen molar-refractivity contribution in [3.8, 4) is 11.5 Å². The van der Waals surface area contributed by atoms with Crippen LogP contribution in [0.2, 0.25) is 5.02 Å². The molecule has 0 unspecified atom stereocenters. The topological polar surface area (TPSA) is 93.1 Å². The molecule has 1 fully saturated rings. The van der Waals surface area contributed by atoms with Crippen molar-refractivity contribution in [2.24, 2.45) is 5.92 Å². The number of amides is 1. The lowest BCUT2D eigenvalue weighted by Crippen LogP contribution is -2.39. The quantitative estimate of drug-likeness (QED) is 0.177. The fourth-order valence-corrected chi connectivity index (χ4v) is 5.80. The Hall–Kier alpha value is -3.08. The van der Waals surface area contributed by atoms with Gasteiger partial charge in [0, 0.05) is 35.6 Å². The summed E-state index contributed by atoms with van der Waals surface area (Å²) in [6.45, 7) is 2.95. The van der Waals surface area contributed by atoms with Crippen molar-refractivity contribution in [3.63, 3.8) is 0 Å². The Morgan fingerprint density at radius 3 is 2.77 bits per heavy atom. The minimum atomic E-state index is 0. The summed E-state index contributed by atoms with van der Waals surface area (Å²) >= 11 is 8.26. The lowest BCUT2D eigenvalue weighted by Gasteiger charge is -2.21. The number of anilines is 2. The number of nitrogens with one attached hydrogen (secondary N) is 3. The van der Waals surface area contributed by atoms with Crippen LogP contribution < -0.4 is 20.7 Å². The predicted octanol–water partition coefficient (Wildman–Crippen LogP) is 6.79. The van der Waals surface area contributed by atoms with Gasteiger partial charge in [0.15, 0.2) is 5.82 Å². The maximum absolute atomic E-state index is 12.5. The van der Waals surface area contributed by atoms with Gasteiger partial charge in [0.05, 0.1) is 10.5 Å². The number of benzene rings is 2. The second-order valence-electron chi connectivity index (χ2n) is 9.27. The van der Waals surface area contributed by atoms with Crippen LogP contribution in [-0.4, -0.2) is 40.1 Å². The SMILES string of the molecule is Cl.Cl.O=C(NCCn1ccc2ncnc(Nc3ccc(Oc4ccc5ccsc5c4)c(Cl)c3)c21)C1CCNCC1. The first-order valence-corrected chi connectivity index (χ1v) is 13.9. The molecule has 40 heavy (non-hydrogen) atoms. The average molecular weight is 620 g/mol. The molecule has 5 aromatic rings. The van der Waals surface area contributed by atoms with Crippen LogP contribution in [0.25, 0.3) is 21.1 Å². The summed E-state index contributed by atoms with van der Waals surface area (Å²) in [6.07, 6.45) is 5.27. The molecule has 1 saturated heterocycles. The average Bonchev–Trinajstić information content (AvgIpc) is 3.58. The number of nitrogens with zero attached hydrogens (tertiary/aromatic N) is 3. The van der Waals surface area contributed by atoms with E-state index in [4.69, 9.17) is 16.3 Å². The molecule has 2 aromatic carbocycles. The van der Waals surface area contributed by atoms with Crippen LogP contribution in [0.5, 0.6) is 11.5 Å². The molecule has 210 valence electrons. The first-order valence-electron chi connectivity index (χ1n) is 12.6. The second-order valence-corrected chi connectivity index (χ2v) is 10.6. The largest absolute Gasteiger partial charge is 0.456 e. The fraction of sp³-hybridized carbons (Fsp3) is 0.250. The van der Waals surface area contributed by atoms with E-state index in [1.54, 1.807) is 11.3 Å². The van der Waals surface area contributed by atoms with Gasteiger partial charge in [0.25, 0.3) is 0 Å². The molecule has 0 spiro atoms. The van der Waals surface area contributed by atoms with E-state index in [0.29, 0.717) is 29.7 Å². The molecule has 4 heterocycles. The zero-order valence-corrected chi connectivity index (χ0v) is 24.6. The summed E-state index contributed by atoms with van der Waals surface area (Å²) in [5.74, 6) is 2.20. The number of piperidine rings is 1. The zero-order valence-electron chi connectivity index (χ0n) is 21.4. The molecule has 8 nitrogen and oxygen atoms in total. The van der Waals surface area contributed by atoms with Gasteiger partial charge < -0.3 is 25.3 Å². The van der Waals surface area contributed by atoms with Crippen molar-refractivity contribution in [1.29, 1.82) is 0 Å². The van der Waals surface area contributed by atoms with E-state index < -0.39 is 0 Å². The van der Waals surface area contributed by atoms with Crippen LogP contribution in [0.3, 0.4) is 0 Å². The maximum atomic E-state index is 12.5. The van der Waals surface area contributed by atoms with Gasteiger partial charge >= 0.3 is 0 Å². The molecule has 1 aliphatic heterocycles. The Morgan fingerprint density at radius 2 is 1.95 bits per heavy atom. The molecular weight excluding hydrogens is 591 g/mol. The van der Waals surface area contributed by atoms with Gasteiger partial charge in [0.2, 0.25) is 5.91 Å². The first-order chi connectivity index (χ1) is 18.6. The molecule has 1 aliphatic rings. The van der Waals surface area contributed by atoms with Crippen molar-refractivity contribution < 1.29 is 9.53 Å². The Morgan fingerprint density at radius 1 is 1.10 bits per heavy atom. The third-order valence-corrected chi connectivity index (χ3v) is 7.94. The summed E-state index contributed by atoms with van der Waals surface area (Å²) in [5, 5.41) is 13.5. The zero-order chi connectivity index (χ0) is 25.9. The predicted molar refractivity (Wildman–Crippen MR) is 167 cm³/mol. The molecule has 3 N–H and O–H groups in total. The summed E-state index contributed by atoms with van der Waals surface area (Å²) in [7, 11) is 0. The van der Waals surface area contributed by atoms with Gasteiger partial charge in [-0.2, -0.15) is 0 Å². The molecular formula is C28H29Cl3N6O2S. The third kappa shape index (κ3) is 6.62. The highest BCUT2D eigenvalue weighted by Gasteiger charge is 2.20. The summed E-state index contributed by atoms with van der Waals surface area (Å²) in [5.41, 5.74) is 2.47. The summed E-state index contributed by atoms with van der Waals surface area (Å²) < 4.78 is 9.28. The Bertz CT molecular complexity index is 1600. The van der Waals surface area contributed by atoms with E-state index in [-0.39, 0.29) is 36.6 Å². The standard InChI is InChI=1S/C28H27ClN6O2S.2ClH/c29-22-15-20(2-4-24(22)37-21-3-1-18-8-14-38-25(18)16-21)34-27-26-23(32-17-33-27)7-12-35(26)13-11-31-28(36)19-5-9-30-10-6-19;;/h1-4,7-8,12,14-17,19,30H,5-6,9-11,13H2,(H,31,36)(H,32,33,34);2*1H. The first kappa shape index (κ1) is 29.9. The number of hydrogen-bond donors (Lipinski definition) is 3. The molecule has 0 radical (unpaired) electrons. The molecule has 0 atom stereocenters. The minimum absolute atomic E-state index is 0. The maximum Gasteiger partial charge on any atom is 0.223 e. The van der Waals surface area contributed by atoms with Gasteiger partial charge in [0.1, 0.15) is 23.3 Å².